The van der Waals surface area contributed by atoms with Crippen molar-refractivity contribution in [2.75, 3.05) is 5.32 Å². The van der Waals surface area contributed by atoms with E-state index in [0.29, 0.717) is 5.69 Å². The molecule has 2 heterocycles. The number of pyridine rings is 1. The number of hydrogen-bond acceptors (Lipinski definition) is 4. The van der Waals surface area contributed by atoms with Gasteiger partial charge in [0.05, 0.1) is 11.6 Å². The van der Waals surface area contributed by atoms with Gasteiger partial charge in [-0.05, 0) is 62.4 Å². The quantitative estimate of drug-likeness (QED) is 0.595. The van der Waals surface area contributed by atoms with Gasteiger partial charge in [0, 0.05) is 23.2 Å². The molecule has 0 aliphatic heterocycles. The first-order valence-corrected chi connectivity index (χ1v) is 10.0. The molecule has 9 heteroatoms. The van der Waals surface area contributed by atoms with Gasteiger partial charge in [-0.3, -0.25) is 9.48 Å². The van der Waals surface area contributed by atoms with E-state index >= 15 is 0 Å². The number of aromatic nitrogens is 3. The maximum Gasteiger partial charge on any atom is 0.433 e. The highest BCUT2D eigenvalue weighted by Crippen LogP contribution is 2.33. The minimum atomic E-state index is -4.62. The van der Waals surface area contributed by atoms with Crippen molar-refractivity contribution >= 4 is 28.8 Å². The molecule has 2 aromatic heterocycles. The molecule has 0 unspecified atom stereocenters. The topological polar surface area (TPSA) is 76.9 Å². The highest BCUT2D eigenvalue weighted by atomic mass is 19.4. The van der Waals surface area contributed by atoms with Crippen LogP contribution in [0, 0.1) is 12.8 Å². The van der Waals surface area contributed by atoms with Crippen molar-refractivity contribution in [1.29, 1.82) is 0 Å². The number of carbonyl (C=O) groups is 2. The van der Waals surface area contributed by atoms with Crippen LogP contribution in [-0.2, 0) is 11.0 Å². The number of aldehydes is 1. The zero-order valence-electron chi connectivity index (χ0n) is 16.8. The number of amides is 1. The number of benzene rings is 1. The molecule has 1 aromatic carbocycles. The first-order chi connectivity index (χ1) is 14.7. The summed E-state index contributed by atoms with van der Waals surface area (Å²) in [6.45, 7) is 1.79. The van der Waals surface area contributed by atoms with Crippen LogP contribution in [0.1, 0.15) is 53.5 Å². The van der Waals surface area contributed by atoms with E-state index < -0.39 is 17.8 Å². The molecule has 6 nitrogen and oxygen atoms in total. The monoisotopic (exact) mass is 430 g/mol. The van der Waals surface area contributed by atoms with E-state index in [4.69, 9.17) is 0 Å². The normalized spacial score (nSPS) is 19.4. The van der Waals surface area contributed by atoms with Crippen LogP contribution in [0.25, 0.3) is 10.9 Å². The van der Waals surface area contributed by atoms with Crippen LogP contribution in [0.3, 0.4) is 0 Å². The fourth-order valence-electron chi connectivity index (χ4n) is 3.92. The van der Waals surface area contributed by atoms with E-state index in [9.17, 15) is 22.8 Å². The fourth-order valence-corrected chi connectivity index (χ4v) is 3.92. The molecule has 0 spiro atoms. The maximum atomic E-state index is 12.9. The van der Waals surface area contributed by atoms with E-state index in [0.717, 1.165) is 60.6 Å². The molecular formula is C22H21F3N4O2. The van der Waals surface area contributed by atoms with Crippen LogP contribution in [-0.4, -0.2) is 27.0 Å². The summed E-state index contributed by atoms with van der Waals surface area (Å²) in [6.07, 6.45) is 1.74. The molecule has 1 fully saturated rings. The van der Waals surface area contributed by atoms with Gasteiger partial charge in [0.15, 0.2) is 0 Å². The SMILES string of the molecule is Cc1cc2nn(C3CCC(C=O)CC3)cc2cc1NC(=O)c1cccc(C(F)(F)F)n1. The number of rotatable bonds is 4. The standard InChI is InChI=1S/C22H21F3N4O2/c1-13-9-19-15(11-29(28-19)16-7-5-14(12-30)6-8-16)10-18(13)27-21(31)17-3-2-4-20(26-17)22(23,24)25/h2-4,9-12,14,16H,5-8H2,1H3,(H,27,31). The van der Waals surface area contributed by atoms with E-state index in [2.05, 4.69) is 15.4 Å². The lowest BCUT2D eigenvalue weighted by molar-refractivity contribution is -0.141. The van der Waals surface area contributed by atoms with E-state index in [-0.39, 0.29) is 17.7 Å². The number of carbonyl (C=O) groups excluding carboxylic acids is 2. The molecule has 0 atom stereocenters. The van der Waals surface area contributed by atoms with Crippen LogP contribution in [0.2, 0.25) is 0 Å². The van der Waals surface area contributed by atoms with Crippen molar-refractivity contribution < 1.29 is 22.8 Å². The molecule has 31 heavy (non-hydrogen) atoms. The van der Waals surface area contributed by atoms with Crippen molar-refractivity contribution in [2.45, 2.75) is 44.8 Å². The minimum Gasteiger partial charge on any atom is -0.320 e. The summed E-state index contributed by atoms with van der Waals surface area (Å²) in [6, 6.07) is 7.03. The molecule has 0 saturated heterocycles. The molecule has 0 radical (unpaired) electrons. The van der Waals surface area contributed by atoms with Crippen LogP contribution in [0.5, 0.6) is 0 Å². The Morgan fingerprint density at radius 1 is 1.19 bits per heavy atom. The molecule has 3 aromatic rings. The lowest BCUT2D eigenvalue weighted by Crippen LogP contribution is -2.19. The summed E-state index contributed by atoms with van der Waals surface area (Å²) < 4.78 is 40.5. The first kappa shape index (κ1) is 21.0. The Morgan fingerprint density at radius 3 is 2.61 bits per heavy atom. The van der Waals surface area contributed by atoms with Crippen molar-refractivity contribution in [3.8, 4) is 0 Å². The van der Waals surface area contributed by atoms with Crippen LogP contribution < -0.4 is 5.32 Å². The summed E-state index contributed by atoms with van der Waals surface area (Å²) in [7, 11) is 0. The number of anilines is 1. The first-order valence-electron chi connectivity index (χ1n) is 10.0. The van der Waals surface area contributed by atoms with E-state index in [1.807, 2.05) is 16.9 Å². The predicted octanol–water partition coefficient (Wildman–Crippen LogP) is 4.94. The third kappa shape index (κ3) is 4.45. The Morgan fingerprint density at radius 2 is 1.94 bits per heavy atom. The zero-order valence-corrected chi connectivity index (χ0v) is 16.8. The molecule has 1 aliphatic carbocycles. The van der Waals surface area contributed by atoms with Gasteiger partial charge in [-0.2, -0.15) is 18.3 Å². The van der Waals surface area contributed by atoms with Crippen molar-refractivity contribution in [3.63, 3.8) is 0 Å². The molecule has 1 saturated carbocycles. The van der Waals surface area contributed by atoms with Gasteiger partial charge >= 0.3 is 6.18 Å². The summed E-state index contributed by atoms with van der Waals surface area (Å²) in [5, 5.41) is 8.11. The molecule has 0 bridgehead atoms. The second kappa shape index (κ2) is 8.13. The number of fused-ring (bicyclic) bond motifs is 1. The summed E-state index contributed by atoms with van der Waals surface area (Å²) in [5.41, 5.74) is 0.573. The largest absolute Gasteiger partial charge is 0.433 e. The molecule has 162 valence electrons. The van der Waals surface area contributed by atoms with Gasteiger partial charge in [0.25, 0.3) is 5.91 Å². The lowest BCUT2D eigenvalue weighted by atomic mass is 9.87. The maximum absolute atomic E-state index is 12.9. The van der Waals surface area contributed by atoms with Crippen LogP contribution in [0.4, 0.5) is 18.9 Å². The Hall–Kier alpha value is -3.23. The number of hydrogen-bond donors (Lipinski definition) is 1. The smallest absolute Gasteiger partial charge is 0.320 e. The molecule has 1 aliphatic rings. The third-order valence-corrected chi connectivity index (χ3v) is 5.70. The van der Waals surface area contributed by atoms with Gasteiger partial charge in [-0.1, -0.05) is 6.07 Å². The van der Waals surface area contributed by atoms with E-state index in [1.165, 1.54) is 6.07 Å². The molecule has 1 N–H and O–H groups in total. The Bertz CT molecular complexity index is 1130. The second-order valence-electron chi connectivity index (χ2n) is 7.90. The number of alkyl halides is 3. The van der Waals surface area contributed by atoms with Crippen molar-refractivity contribution in [2.24, 2.45) is 5.92 Å². The van der Waals surface area contributed by atoms with Gasteiger partial charge in [0.1, 0.15) is 17.7 Å². The average molecular weight is 430 g/mol. The Labute approximate surface area is 176 Å². The minimum absolute atomic E-state index is 0.120. The molecule has 4 rings (SSSR count). The highest BCUT2D eigenvalue weighted by molar-refractivity contribution is 6.04. The highest BCUT2D eigenvalue weighted by Gasteiger charge is 2.33. The summed E-state index contributed by atoms with van der Waals surface area (Å²) >= 11 is 0. The zero-order chi connectivity index (χ0) is 22.2. The summed E-state index contributed by atoms with van der Waals surface area (Å²) in [4.78, 5) is 26.9. The van der Waals surface area contributed by atoms with Gasteiger partial charge in [0.2, 0.25) is 0 Å². The van der Waals surface area contributed by atoms with Gasteiger partial charge in [-0.15, -0.1) is 0 Å². The Kier molecular flexibility index (Phi) is 5.51. The van der Waals surface area contributed by atoms with E-state index in [1.54, 1.807) is 13.0 Å². The van der Waals surface area contributed by atoms with Gasteiger partial charge in [-0.25, -0.2) is 4.98 Å². The number of halogens is 3. The number of nitrogens with one attached hydrogen (secondary N) is 1. The average Bonchev–Trinajstić information content (AvgIpc) is 3.16. The molecular weight excluding hydrogens is 409 g/mol. The third-order valence-electron chi connectivity index (χ3n) is 5.70. The Balaban J connectivity index is 1.55. The lowest BCUT2D eigenvalue weighted by Gasteiger charge is -2.25. The second-order valence-corrected chi connectivity index (χ2v) is 7.90. The van der Waals surface area contributed by atoms with Gasteiger partial charge < -0.3 is 10.1 Å². The fraction of sp³-hybridized carbons (Fsp3) is 0.364. The molecule has 1 amide bonds. The van der Waals surface area contributed by atoms with Crippen molar-refractivity contribution in [3.05, 3.63) is 53.5 Å². The van der Waals surface area contributed by atoms with Crippen LogP contribution in [0.15, 0.2) is 36.5 Å². The van der Waals surface area contributed by atoms with Crippen molar-refractivity contribution in [1.82, 2.24) is 14.8 Å². The number of nitrogens with zero attached hydrogens (tertiary/aromatic N) is 3. The van der Waals surface area contributed by atoms with Crippen LogP contribution >= 0.6 is 0 Å². The number of aryl methyl sites for hydroxylation is 1. The predicted molar refractivity (Wildman–Crippen MR) is 109 cm³/mol. The summed E-state index contributed by atoms with van der Waals surface area (Å²) in [5.74, 6) is -0.595.